The number of piperidine rings is 1. The monoisotopic (exact) mass is 388 g/mol. The normalized spacial score (nSPS) is 18.0. The molecule has 0 radical (unpaired) electrons. The minimum Gasteiger partial charge on any atom is -0.347 e. The Kier molecular flexibility index (Phi) is 5.35. The first-order chi connectivity index (χ1) is 12.4. The van der Waals surface area contributed by atoms with Crippen LogP contribution in [0.4, 0.5) is 28.8 Å². The third kappa shape index (κ3) is 4.09. The molecule has 0 unspecified atom stereocenters. The third-order valence-corrected chi connectivity index (χ3v) is 5.04. The van der Waals surface area contributed by atoms with Gasteiger partial charge in [0.05, 0.1) is 17.6 Å². The van der Waals surface area contributed by atoms with E-state index in [2.05, 4.69) is 25.8 Å². The molecule has 0 saturated carbocycles. The zero-order chi connectivity index (χ0) is 18.7. The number of hydrogen-bond donors (Lipinski definition) is 3. The number of nitrogens with zero attached hydrogens (tertiary/aromatic N) is 3. The third-order valence-electron chi connectivity index (χ3n) is 4.14. The lowest BCUT2D eigenvalue weighted by atomic mass is 9.94. The second kappa shape index (κ2) is 7.52. The van der Waals surface area contributed by atoms with Gasteiger partial charge in [0, 0.05) is 30.9 Å². The summed E-state index contributed by atoms with van der Waals surface area (Å²) in [7, 11) is 0. The van der Waals surface area contributed by atoms with Crippen LogP contribution in [0.25, 0.3) is 0 Å². The smallest absolute Gasteiger partial charge is 0.347 e. The average molecular weight is 388 g/mol. The predicted octanol–water partition coefficient (Wildman–Crippen LogP) is 3.41. The lowest BCUT2D eigenvalue weighted by molar-refractivity contribution is -0.140. The van der Waals surface area contributed by atoms with Crippen molar-refractivity contribution in [3.8, 4) is 0 Å². The van der Waals surface area contributed by atoms with Gasteiger partial charge in [-0.1, -0.05) is 0 Å². The highest BCUT2D eigenvalue weighted by atomic mass is 32.1. The van der Waals surface area contributed by atoms with Gasteiger partial charge in [-0.25, -0.2) is 9.78 Å². The van der Waals surface area contributed by atoms with Crippen molar-refractivity contribution >= 4 is 28.2 Å². The summed E-state index contributed by atoms with van der Waals surface area (Å²) < 4.78 is 38.3. The molecule has 142 valence electrons. The number of hydrogen-bond acceptors (Lipinski definition) is 5. The van der Waals surface area contributed by atoms with E-state index < -0.39 is 11.9 Å². The highest BCUT2D eigenvalue weighted by molar-refractivity contribution is 7.13. The number of anilines is 2. The van der Waals surface area contributed by atoms with E-state index >= 15 is 0 Å². The summed E-state index contributed by atoms with van der Waals surface area (Å²) in [5.74, 6) is 0.0152. The van der Waals surface area contributed by atoms with Crippen LogP contribution < -0.4 is 15.5 Å². The van der Waals surface area contributed by atoms with Crippen LogP contribution >= 0.6 is 11.3 Å². The van der Waals surface area contributed by atoms with E-state index in [4.69, 9.17) is 0 Å². The number of thiazole rings is 1. The minimum absolute atomic E-state index is 0.0152. The summed E-state index contributed by atoms with van der Waals surface area (Å²) in [5, 5.41) is 13.7. The Bertz CT molecular complexity index is 759. The van der Waals surface area contributed by atoms with E-state index in [0.29, 0.717) is 30.5 Å². The molecule has 0 aromatic carbocycles. The molecule has 3 rings (SSSR count). The van der Waals surface area contributed by atoms with Crippen molar-refractivity contribution in [1.29, 1.82) is 0 Å². The number of aromatic amines is 1. The molecule has 26 heavy (non-hydrogen) atoms. The molecule has 0 bridgehead atoms. The molecule has 1 aliphatic rings. The fraction of sp³-hybridized carbons (Fsp3) is 0.533. The number of carbonyl (C=O) groups excluding carboxylic acids is 1. The zero-order valence-electron chi connectivity index (χ0n) is 14.1. The van der Waals surface area contributed by atoms with Gasteiger partial charge in [0.1, 0.15) is 0 Å². The van der Waals surface area contributed by atoms with Crippen LogP contribution in [0, 0.1) is 0 Å². The quantitative estimate of drug-likeness (QED) is 0.749. The van der Waals surface area contributed by atoms with Gasteiger partial charge in [-0.05, 0) is 19.8 Å². The number of halogens is 3. The summed E-state index contributed by atoms with van der Waals surface area (Å²) in [6, 6.07) is -0.322. The van der Waals surface area contributed by atoms with E-state index in [1.54, 1.807) is 0 Å². The van der Waals surface area contributed by atoms with Gasteiger partial charge in [-0.2, -0.15) is 18.3 Å². The van der Waals surface area contributed by atoms with Crippen LogP contribution in [-0.4, -0.2) is 40.8 Å². The fourth-order valence-electron chi connectivity index (χ4n) is 2.96. The summed E-state index contributed by atoms with van der Waals surface area (Å²) in [4.78, 5) is 17.3. The van der Waals surface area contributed by atoms with Gasteiger partial charge in [0.25, 0.3) is 0 Å². The molecule has 1 saturated heterocycles. The number of H-pyrrole nitrogens is 1. The van der Waals surface area contributed by atoms with Gasteiger partial charge in [0.15, 0.2) is 10.8 Å². The summed E-state index contributed by atoms with van der Waals surface area (Å²) in [6.45, 7) is 3.48. The highest BCUT2D eigenvalue weighted by Crippen LogP contribution is 2.36. The van der Waals surface area contributed by atoms with E-state index in [1.165, 1.54) is 6.20 Å². The number of amides is 2. The number of urea groups is 1. The topological polar surface area (TPSA) is 85.9 Å². The van der Waals surface area contributed by atoms with Crippen LogP contribution in [0.3, 0.4) is 0 Å². The van der Waals surface area contributed by atoms with Crippen molar-refractivity contribution in [2.75, 3.05) is 29.9 Å². The highest BCUT2D eigenvalue weighted by Gasteiger charge is 2.35. The molecule has 3 heterocycles. The van der Waals surface area contributed by atoms with Crippen LogP contribution in [0.1, 0.15) is 37.1 Å². The second-order valence-electron chi connectivity index (χ2n) is 5.98. The zero-order valence-corrected chi connectivity index (χ0v) is 14.9. The second-order valence-corrected chi connectivity index (χ2v) is 6.82. The van der Waals surface area contributed by atoms with Crippen molar-refractivity contribution in [2.45, 2.75) is 31.9 Å². The molecule has 0 spiro atoms. The van der Waals surface area contributed by atoms with Crippen molar-refractivity contribution in [2.24, 2.45) is 0 Å². The van der Waals surface area contributed by atoms with Crippen molar-refractivity contribution in [3.63, 3.8) is 0 Å². The van der Waals surface area contributed by atoms with Gasteiger partial charge >= 0.3 is 12.2 Å². The maximum Gasteiger partial charge on any atom is 0.434 e. The molecule has 1 atom stereocenters. The summed E-state index contributed by atoms with van der Waals surface area (Å²) in [6.07, 6.45) is -1.24. The number of nitrogens with one attached hydrogen (secondary N) is 3. The maximum absolute atomic E-state index is 12.8. The summed E-state index contributed by atoms with van der Waals surface area (Å²) in [5.41, 5.74) is 0.492. The first kappa shape index (κ1) is 18.5. The lowest BCUT2D eigenvalue weighted by Crippen LogP contribution is -2.35. The molecule has 0 aliphatic carbocycles. The SMILES string of the molecule is CCNC(=O)Nc1cn[nH]c1[C@H]1CCCN(c2nc(C(F)(F)F)cs2)C1. The van der Waals surface area contributed by atoms with Crippen LogP contribution in [0.15, 0.2) is 11.6 Å². The van der Waals surface area contributed by atoms with Crippen LogP contribution in [0.2, 0.25) is 0 Å². The average Bonchev–Trinajstić information content (AvgIpc) is 3.24. The fourth-order valence-corrected chi connectivity index (χ4v) is 3.83. The molecule has 2 aromatic heterocycles. The van der Waals surface area contributed by atoms with Crippen molar-refractivity contribution < 1.29 is 18.0 Å². The molecule has 2 aromatic rings. The maximum atomic E-state index is 12.8. The number of aromatic nitrogens is 3. The Hall–Kier alpha value is -2.30. The van der Waals surface area contributed by atoms with Gasteiger partial charge in [-0.3, -0.25) is 5.10 Å². The standard InChI is InChI=1S/C15H19F3N6OS/c1-2-19-13(25)21-10-6-20-23-12(10)9-4-3-5-24(7-9)14-22-11(8-26-14)15(16,17)18/h6,8-9H,2-5,7H2,1H3,(H,20,23)(H2,19,21,25)/t9-/m0/s1. The lowest BCUT2D eigenvalue weighted by Gasteiger charge is -2.32. The minimum atomic E-state index is -4.43. The first-order valence-corrected chi connectivity index (χ1v) is 9.12. The van der Waals surface area contributed by atoms with Crippen LogP contribution in [0.5, 0.6) is 0 Å². The molecular weight excluding hydrogens is 369 g/mol. The number of alkyl halides is 3. The number of carbonyl (C=O) groups is 1. The Labute approximate surface area is 152 Å². The van der Waals surface area contributed by atoms with Gasteiger partial charge in [0.2, 0.25) is 0 Å². The Morgan fingerprint density at radius 2 is 2.31 bits per heavy atom. The predicted molar refractivity (Wildman–Crippen MR) is 92.6 cm³/mol. The Balaban J connectivity index is 1.72. The molecule has 2 amide bonds. The molecule has 11 heteroatoms. The Morgan fingerprint density at radius 3 is 3.00 bits per heavy atom. The molecular formula is C15H19F3N6OS. The van der Waals surface area contributed by atoms with Crippen LogP contribution in [-0.2, 0) is 6.18 Å². The van der Waals surface area contributed by atoms with Gasteiger partial charge < -0.3 is 15.5 Å². The van der Waals surface area contributed by atoms with E-state index in [9.17, 15) is 18.0 Å². The Morgan fingerprint density at radius 1 is 1.50 bits per heavy atom. The van der Waals surface area contributed by atoms with Crippen molar-refractivity contribution in [1.82, 2.24) is 20.5 Å². The van der Waals surface area contributed by atoms with E-state index in [-0.39, 0.29) is 11.9 Å². The molecule has 1 fully saturated rings. The summed E-state index contributed by atoms with van der Waals surface area (Å²) >= 11 is 0.993. The number of rotatable bonds is 4. The van der Waals surface area contributed by atoms with Crippen molar-refractivity contribution in [3.05, 3.63) is 23.0 Å². The largest absolute Gasteiger partial charge is 0.434 e. The molecule has 3 N–H and O–H groups in total. The molecule has 1 aliphatic heterocycles. The van der Waals surface area contributed by atoms with E-state index in [0.717, 1.165) is 35.3 Å². The first-order valence-electron chi connectivity index (χ1n) is 8.24. The molecule has 7 nitrogen and oxygen atoms in total. The van der Waals surface area contributed by atoms with Gasteiger partial charge in [-0.15, -0.1) is 11.3 Å². The van der Waals surface area contributed by atoms with E-state index in [1.807, 2.05) is 11.8 Å².